The Morgan fingerprint density at radius 3 is 2.88 bits per heavy atom. The summed E-state index contributed by atoms with van der Waals surface area (Å²) in [6, 6.07) is 11.3. The van der Waals surface area contributed by atoms with Gasteiger partial charge in [-0.15, -0.1) is 11.3 Å². The summed E-state index contributed by atoms with van der Waals surface area (Å²) in [7, 11) is 3.18. The van der Waals surface area contributed by atoms with Crippen molar-refractivity contribution in [3.8, 4) is 22.8 Å². The maximum Gasteiger partial charge on any atom is 0.242 e. The third-order valence-corrected chi connectivity index (χ3v) is 6.48. The second-order valence-electron chi connectivity index (χ2n) is 7.81. The third kappa shape index (κ3) is 5.26. The van der Waals surface area contributed by atoms with Crippen LogP contribution in [0.4, 0.5) is 9.52 Å². The van der Waals surface area contributed by atoms with Gasteiger partial charge in [0.2, 0.25) is 5.91 Å². The van der Waals surface area contributed by atoms with Crippen LogP contribution in [0.5, 0.6) is 11.5 Å². The fraction of sp³-hybridized carbons (Fsp3) is 0.333. The van der Waals surface area contributed by atoms with Crippen molar-refractivity contribution in [1.82, 2.24) is 10.3 Å². The molecule has 1 saturated heterocycles. The molecule has 3 aromatic rings. The zero-order valence-corrected chi connectivity index (χ0v) is 19.3. The maximum atomic E-state index is 13.3. The van der Waals surface area contributed by atoms with Crippen LogP contribution in [-0.4, -0.2) is 55.5 Å². The van der Waals surface area contributed by atoms with Crippen molar-refractivity contribution < 1.29 is 23.8 Å². The first-order valence-electron chi connectivity index (χ1n) is 10.6. The van der Waals surface area contributed by atoms with Crippen LogP contribution in [-0.2, 0) is 11.2 Å². The second-order valence-corrected chi connectivity index (χ2v) is 8.65. The molecule has 0 bridgehead atoms. The van der Waals surface area contributed by atoms with Gasteiger partial charge >= 0.3 is 0 Å². The Kier molecular flexibility index (Phi) is 7.10. The van der Waals surface area contributed by atoms with Crippen molar-refractivity contribution in [1.29, 1.82) is 0 Å². The largest absolute Gasteiger partial charge is 0.497 e. The summed E-state index contributed by atoms with van der Waals surface area (Å²) in [6.07, 6.45) is 0.233. The number of anilines is 1. The van der Waals surface area contributed by atoms with E-state index in [4.69, 9.17) is 14.5 Å². The first kappa shape index (κ1) is 23.0. The summed E-state index contributed by atoms with van der Waals surface area (Å²) in [5, 5.41) is 15.7. The molecule has 33 heavy (non-hydrogen) atoms. The number of carbonyl (C=O) groups excluding carboxylic acids is 1. The predicted octanol–water partition coefficient (Wildman–Crippen LogP) is 3.26. The molecule has 4 rings (SSSR count). The molecule has 1 unspecified atom stereocenters. The number of methoxy groups -OCH3 is 2. The number of ether oxygens (including phenoxy) is 2. The molecule has 1 aliphatic rings. The monoisotopic (exact) mass is 471 g/mol. The number of rotatable bonds is 8. The zero-order chi connectivity index (χ0) is 23.4. The van der Waals surface area contributed by atoms with Crippen LogP contribution < -0.4 is 19.7 Å². The molecular weight excluding hydrogens is 445 g/mol. The minimum Gasteiger partial charge on any atom is -0.497 e. The predicted molar refractivity (Wildman–Crippen MR) is 126 cm³/mol. The lowest BCUT2D eigenvalue weighted by molar-refractivity contribution is -0.122. The smallest absolute Gasteiger partial charge is 0.242 e. The second kappa shape index (κ2) is 10.2. The zero-order valence-electron chi connectivity index (χ0n) is 18.5. The topological polar surface area (TPSA) is 83.9 Å². The van der Waals surface area contributed by atoms with Gasteiger partial charge in [-0.1, -0.05) is 12.1 Å². The van der Waals surface area contributed by atoms with Crippen LogP contribution >= 0.6 is 11.3 Å². The first-order valence-corrected chi connectivity index (χ1v) is 11.5. The molecule has 1 aliphatic heterocycles. The van der Waals surface area contributed by atoms with Crippen molar-refractivity contribution in [2.45, 2.75) is 25.0 Å². The van der Waals surface area contributed by atoms with E-state index in [0.717, 1.165) is 16.8 Å². The van der Waals surface area contributed by atoms with Crippen molar-refractivity contribution in [3.63, 3.8) is 0 Å². The molecule has 1 fully saturated rings. The molecule has 9 heteroatoms. The van der Waals surface area contributed by atoms with E-state index in [9.17, 15) is 14.3 Å². The Morgan fingerprint density at radius 2 is 2.12 bits per heavy atom. The van der Waals surface area contributed by atoms with E-state index >= 15 is 0 Å². The molecule has 0 saturated carbocycles. The number of nitrogens with zero attached hydrogens (tertiary/aromatic N) is 2. The summed E-state index contributed by atoms with van der Waals surface area (Å²) in [4.78, 5) is 19.4. The molecular formula is C24H26FN3O4S. The number of halogens is 1. The summed E-state index contributed by atoms with van der Waals surface area (Å²) in [6.45, 7) is 0.712. The van der Waals surface area contributed by atoms with Crippen LogP contribution in [0, 0.1) is 5.82 Å². The van der Waals surface area contributed by atoms with E-state index < -0.39 is 12.1 Å². The van der Waals surface area contributed by atoms with Gasteiger partial charge in [-0.05, 0) is 36.2 Å². The van der Waals surface area contributed by atoms with Gasteiger partial charge in [-0.25, -0.2) is 9.37 Å². The minimum absolute atomic E-state index is 0.179. The molecule has 0 radical (unpaired) electrons. The molecule has 0 spiro atoms. The van der Waals surface area contributed by atoms with Gasteiger partial charge in [0.05, 0.1) is 26.0 Å². The van der Waals surface area contributed by atoms with Gasteiger partial charge in [-0.2, -0.15) is 0 Å². The van der Waals surface area contributed by atoms with Gasteiger partial charge in [-0.3, -0.25) is 4.79 Å². The van der Waals surface area contributed by atoms with Gasteiger partial charge in [0.25, 0.3) is 0 Å². The van der Waals surface area contributed by atoms with Crippen LogP contribution in [0.3, 0.4) is 0 Å². The highest BCUT2D eigenvalue weighted by Gasteiger charge is 2.37. The Hall–Kier alpha value is -3.17. The van der Waals surface area contributed by atoms with E-state index in [1.54, 1.807) is 26.4 Å². The lowest BCUT2D eigenvalue weighted by atomic mass is 10.1. The average molecular weight is 472 g/mol. The summed E-state index contributed by atoms with van der Waals surface area (Å²) < 4.78 is 24.1. The van der Waals surface area contributed by atoms with Crippen LogP contribution in [0.25, 0.3) is 11.3 Å². The Balaban J connectivity index is 1.46. The molecule has 7 nitrogen and oxygen atoms in total. The van der Waals surface area contributed by atoms with E-state index in [1.165, 1.54) is 23.5 Å². The number of aromatic nitrogens is 1. The van der Waals surface area contributed by atoms with Crippen molar-refractivity contribution in [2.24, 2.45) is 0 Å². The minimum atomic E-state index is -0.619. The van der Waals surface area contributed by atoms with Gasteiger partial charge < -0.3 is 24.8 Å². The maximum absolute atomic E-state index is 13.3. The van der Waals surface area contributed by atoms with Crippen LogP contribution in [0.2, 0.25) is 0 Å². The molecule has 2 heterocycles. The number of benzene rings is 2. The van der Waals surface area contributed by atoms with E-state index in [1.807, 2.05) is 28.5 Å². The number of hydrogen-bond acceptors (Lipinski definition) is 7. The first-order chi connectivity index (χ1) is 16.0. The van der Waals surface area contributed by atoms with Crippen molar-refractivity contribution in [2.75, 3.05) is 32.2 Å². The van der Waals surface area contributed by atoms with E-state index in [2.05, 4.69) is 5.32 Å². The highest BCUT2D eigenvalue weighted by Crippen LogP contribution is 2.37. The third-order valence-electron chi connectivity index (χ3n) is 5.61. The average Bonchev–Trinajstić information content (AvgIpc) is 3.45. The summed E-state index contributed by atoms with van der Waals surface area (Å²) >= 11 is 1.41. The number of aliphatic hydroxyl groups excluding tert-OH is 1. The normalized spacial score (nSPS) is 17.8. The Morgan fingerprint density at radius 1 is 1.27 bits per heavy atom. The highest BCUT2D eigenvalue weighted by molar-refractivity contribution is 7.14. The van der Waals surface area contributed by atoms with Gasteiger partial charge in [0.1, 0.15) is 23.4 Å². The molecule has 174 valence electrons. The highest BCUT2D eigenvalue weighted by atomic mass is 32.1. The molecule has 1 aromatic heterocycles. The van der Waals surface area contributed by atoms with E-state index in [-0.39, 0.29) is 11.7 Å². The number of hydrogen-bond donors (Lipinski definition) is 2. The SMILES string of the molecule is COc1ccc(-c2csc(N3CC(O)C[C@H]3C(=O)NCCc3cccc(F)c3)n2)c(OC)c1. The molecule has 2 N–H and O–H groups in total. The number of β-amino-alcohol motifs (C(OH)–C–C–N with tert-alkyl or cyclic N) is 1. The Bertz CT molecular complexity index is 1120. The van der Waals surface area contributed by atoms with Crippen LogP contribution in [0.1, 0.15) is 12.0 Å². The number of aliphatic hydroxyl groups is 1. The van der Waals surface area contributed by atoms with E-state index in [0.29, 0.717) is 42.6 Å². The van der Waals surface area contributed by atoms with Gasteiger partial charge in [0.15, 0.2) is 5.13 Å². The fourth-order valence-corrected chi connectivity index (χ4v) is 4.83. The number of amides is 1. The van der Waals surface area contributed by atoms with Crippen molar-refractivity contribution >= 4 is 22.4 Å². The molecule has 2 aromatic carbocycles. The fourth-order valence-electron chi connectivity index (χ4n) is 3.94. The lowest BCUT2D eigenvalue weighted by Gasteiger charge is -2.22. The number of nitrogens with one attached hydrogen (secondary N) is 1. The molecule has 1 amide bonds. The summed E-state index contributed by atoms with van der Waals surface area (Å²) in [5.74, 6) is 0.849. The Labute approximate surface area is 195 Å². The standard InChI is InChI=1S/C24H26FN3O4S/c1-31-18-6-7-19(22(12-18)32-2)20-14-33-24(27-20)28-13-17(29)11-21(28)23(30)26-9-8-15-4-3-5-16(25)10-15/h3-7,10,12,14,17,21,29H,8-9,11,13H2,1-2H3,(H,26,30)/t17?,21-/m0/s1. The lowest BCUT2D eigenvalue weighted by Crippen LogP contribution is -2.44. The molecule has 2 atom stereocenters. The summed E-state index contributed by atoms with van der Waals surface area (Å²) in [5.41, 5.74) is 2.36. The van der Waals surface area contributed by atoms with Gasteiger partial charge in [0, 0.05) is 36.5 Å². The molecule has 0 aliphatic carbocycles. The number of carbonyl (C=O) groups is 1. The quantitative estimate of drug-likeness (QED) is 0.525. The van der Waals surface area contributed by atoms with Crippen LogP contribution in [0.15, 0.2) is 47.8 Å². The van der Waals surface area contributed by atoms with Crippen molar-refractivity contribution in [3.05, 3.63) is 59.2 Å². The number of thiazole rings is 1.